The van der Waals surface area contributed by atoms with Crippen LogP contribution >= 0.6 is 0 Å². The Morgan fingerprint density at radius 2 is 2.21 bits per heavy atom. The Labute approximate surface area is 140 Å². The number of β-amino-alcohol motifs (C(OH)–C–C–N with tert-alkyl or cyclic N) is 1. The molecule has 0 unspecified atom stereocenters. The van der Waals surface area contributed by atoms with Crippen LogP contribution in [0.4, 0.5) is 0 Å². The van der Waals surface area contributed by atoms with E-state index in [1.54, 1.807) is 7.11 Å². The third-order valence-electron chi connectivity index (χ3n) is 4.75. The van der Waals surface area contributed by atoms with Gasteiger partial charge in [-0.25, -0.2) is 0 Å². The Morgan fingerprint density at radius 3 is 3.08 bits per heavy atom. The van der Waals surface area contributed by atoms with E-state index >= 15 is 0 Å². The smallest absolute Gasteiger partial charge is 0.119 e. The predicted octanol–water partition coefficient (Wildman–Crippen LogP) is 2.88. The molecule has 4 rings (SSSR count). The lowest BCUT2D eigenvalue weighted by atomic mass is 10.0. The van der Waals surface area contributed by atoms with Gasteiger partial charge >= 0.3 is 0 Å². The number of methoxy groups -OCH3 is 1. The molecule has 24 heavy (non-hydrogen) atoms. The summed E-state index contributed by atoms with van der Waals surface area (Å²) in [5.41, 5.74) is 3.45. The minimum absolute atomic E-state index is 0.201. The Kier molecular flexibility index (Phi) is 3.96. The molecule has 1 saturated heterocycles. The van der Waals surface area contributed by atoms with Gasteiger partial charge in [0.15, 0.2) is 0 Å². The third-order valence-corrected chi connectivity index (χ3v) is 4.75. The van der Waals surface area contributed by atoms with E-state index in [0.717, 1.165) is 29.6 Å². The third kappa shape index (κ3) is 2.88. The maximum absolute atomic E-state index is 10.2. The van der Waals surface area contributed by atoms with E-state index < -0.39 is 0 Å². The van der Waals surface area contributed by atoms with Gasteiger partial charge in [0.2, 0.25) is 0 Å². The number of H-pyrrole nitrogens is 1. The lowest BCUT2D eigenvalue weighted by Crippen LogP contribution is -2.24. The van der Waals surface area contributed by atoms with Crippen LogP contribution in [0.25, 0.3) is 10.9 Å². The molecule has 5 heteroatoms. The summed E-state index contributed by atoms with van der Waals surface area (Å²) in [7, 11) is 1.68. The average molecular weight is 323 g/mol. The molecule has 0 amide bonds. The number of hydrogen-bond donors (Lipinski definition) is 2. The molecule has 0 radical (unpaired) electrons. The van der Waals surface area contributed by atoms with Gasteiger partial charge < -0.3 is 9.84 Å². The number of benzene rings is 2. The molecule has 2 aromatic carbocycles. The van der Waals surface area contributed by atoms with Gasteiger partial charge in [0.05, 0.1) is 24.9 Å². The number of aliphatic hydroxyl groups excluding tert-OH is 1. The second-order valence-corrected chi connectivity index (χ2v) is 6.40. The van der Waals surface area contributed by atoms with Crippen molar-refractivity contribution in [3.8, 4) is 5.75 Å². The number of rotatable bonds is 4. The molecular formula is C19H21N3O2. The molecule has 1 fully saturated rings. The van der Waals surface area contributed by atoms with Crippen LogP contribution in [0.1, 0.15) is 23.6 Å². The van der Waals surface area contributed by atoms with Gasteiger partial charge in [-0.15, -0.1) is 0 Å². The molecule has 1 aliphatic heterocycles. The fourth-order valence-corrected chi connectivity index (χ4v) is 3.57. The van der Waals surface area contributed by atoms with Crippen molar-refractivity contribution in [2.24, 2.45) is 0 Å². The summed E-state index contributed by atoms with van der Waals surface area (Å²) in [5.74, 6) is 0.854. The number of aromatic nitrogens is 2. The van der Waals surface area contributed by atoms with E-state index in [1.165, 1.54) is 11.1 Å². The Balaban J connectivity index is 1.59. The quantitative estimate of drug-likeness (QED) is 0.775. The van der Waals surface area contributed by atoms with Crippen molar-refractivity contribution in [3.05, 3.63) is 59.8 Å². The lowest BCUT2D eigenvalue weighted by Gasteiger charge is -2.25. The summed E-state index contributed by atoms with van der Waals surface area (Å²) in [6, 6.07) is 14.7. The zero-order valence-corrected chi connectivity index (χ0v) is 13.6. The second-order valence-electron chi connectivity index (χ2n) is 6.40. The van der Waals surface area contributed by atoms with Crippen molar-refractivity contribution in [1.82, 2.24) is 15.1 Å². The fraction of sp³-hybridized carbons (Fsp3) is 0.316. The van der Waals surface area contributed by atoms with Crippen molar-refractivity contribution in [3.63, 3.8) is 0 Å². The molecule has 2 heterocycles. The zero-order chi connectivity index (χ0) is 16.5. The van der Waals surface area contributed by atoms with Gasteiger partial charge in [0, 0.05) is 24.5 Å². The number of hydrogen-bond acceptors (Lipinski definition) is 4. The lowest BCUT2D eigenvalue weighted by molar-refractivity contribution is 0.172. The summed E-state index contributed by atoms with van der Waals surface area (Å²) in [6.45, 7) is 1.48. The summed E-state index contributed by atoms with van der Waals surface area (Å²) in [5, 5.41) is 18.4. The summed E-state index contributed by atoms with van der Waals surface area (Å²) < 4.78 is 5.34. The average Bonchev–Trinajstić information content (AvgIpc) is 3.21. The van der Waals surface area contributed by atoms with Gasteiger partial charge in [-0.3, -0.25) is 10.00 Å². The minimum Gasteiger partial charge on any atom is -0.497 e. The standard InChI is InChI=1S/C19H21N3O2/c1-24-17-4-2-3-14(8-17)19-9-16(23)12-22(19)11-13-5-6-15-10-20-21-18(15)7-13/h2-8,10,16,19,23H,9,11-12H2,1H3,(H,20,21)/t16-,19+/m1/s1. The first-order valence-electron chi connectivity index (χ1n) is 8.21. The van der Waals surface area contributed by atoms with E-state index in [-0.39, 0.29) is 12.1 Å². The number of aromatic amines is 1. The van der Waals surface area contributed by atoms with Crippen LogP contribution in [0, 0.1) is 0 Å². The molecule has 0 saturated carbocycles. The summed E-state index contributed by atoms with van der Waals surface area (Å²) in [6.07, 6.45) is 2.29. The Bertz CT molecular complexity index is 845. The molecule has 3 aromatic rings. The Hall–Kier alpha value is -2.37. The van der Waals surface area contributed by atoms with Crippen molar-refractivity contribution in [1.29, 1.82) is 0 Å². The molecular weight excluding hydrogens is 302 g/mol. The van der Waals surface area contributed by atoms with Crippen molar-refractivity contribution >= 4 is 10.9 Å². The van der Waals surface area contributed by atoms with Crippen molar-refractivity contribution in [2.75, 3.05) is 13.7 Å². The molecule has 2 N–H and O–H groups in total. The number of aliphatic hydroxyl groups is 1. The molecule has 5 nitrogen and oxygen atoms in total. The Morgan fingerprint density at radius 1 is 1.29 bits per heavy atom. The van der Waals surface area contributed by atoms with Gasteiger partial charge in [-0.1, -0.05) is 24.3 Å². The highest BCUT2D eigenvalue weighted by atomic mass is 16.5. The minimum atomic E-state index is -0.294. The number of nitrogens with one attached hydrogen (secondary N) is 1. The SMILES string of the molecule is COc1cccc([C@@H]2C[C@@H](O)CN2Cc2ccc3cn[nH]c3c2)c1. The van der Waals surface area contributed by atoms with Crippen LogP contribution in [-0.4, -0.2) is 40.0 Å². The van der Waals surface area contributed by atoms with Gasteiger partial charge in [0.25, 0.3) is 0 Å². The molecule has 0 aliphatic carbocycles. The largest absolute Gasteiger partial charge is 0.497 e. The first-order chi connectivity index (χ1) is 11.7. The van der Waals surface area contributed by atoms with Crippen LogP contribution in [0.5, 0.6) is 5.75 Å². The molecule has 0 bridgehead atoms. The predicted molar refractivity (Wildman–Crippen MR) is 92.9 cm³/mol. The van der Waals surface area contributed by atoms with Crippen molar-refractivity contribution in [2.45, 2.75) is 25.1 Å². The molecule has 124 valence electrons. The highest BCUT2D eigenvalue weighted by Gasteiger charge is 2.32. The molecule has 1 aromatic heterocycles. The maximum atomic E-state index is 10.2. The van der Waals surface area contributed by atoms with Crippen LogP contribution in [0.15, 0.2) is 48.7 Å². The van der Waals surface area contributed by atoms with Gasteiger partial charge in [-0.05, 0) is 35.7 Å². The number of nitrogens with zero attached hydrogens (tertiary/aromatic N) is 2. The van der Waals surface area contributed by atoms with Gasteiger partial charge in [0.1, 0.15) is 5.75 Å². The number of likely N-dealkylation sites (tertiary alicyclic amines) is 1. The van der Waals surface area contributed by atoms with Crippen molar-refractivity contribution < 1.29 is 9.84 Å². The zero-order valence-electron chi connectivity index (χ0n) is 13.6. The number of fused-ring (bicyclic) bond motifs is 1. The highest BCUT2D eigenvalue weighted by Crippen LogP contribution is 2.35. The van der Waals surface area contributed by atoms with Crippen LogP contribution in [0.2, 0.25) is 0 Å². The monoisotopic (exact) mass is 323 g/mol. The number of ether oxygens (including phenoxy) is 1. The topological polar surface area (TPSA) is 61.4 Å². The van der Waals surface area contributed by atoms with Gasteiger partial charge in [-0.2, -0.15) is 5.10 Å². The second kappa shape index (κ2) is 6.26. The highest BCUT2D eigenvalue weighted by molar-refractivity contribution is 5.78. The summed E-state index contributed by atoms with van der Waals surface area (Å²) in [4.78, 5) is 2.33. The van der Waals surface area contributed by atoms with E-state index in [0.29, 0.717) is 6.54 Å². The van der Waals surface area contributed by atoms with E-state index in [2.05, 4.69) is 45.4 Å². The molecule has 1 aliphatic rings. The molecule has 0 spiro atoms. The molecule has 2 atom stereocenters. The first kappa shape index (κ1) is 15.2. The van der Waals surface area contributed by atoms with E-state index in [4.69, 9.17) is 4.74 Å². The van der Waals surface area contributed by atoms with Crippen LogP contribution in [0.3, 0.4) is 0 Å². The van der Waals surface area contributed by atoms with E-state index in [9.17, 15) is 5.11 Å². The summed E-state index contributed by atoms with van der Waals surface area (Å²) >= 11 is 0. The maximum Gasteiger partial charge on any atom is 0.119 e. The van der Waals surface area contributed by atoms with E-state index in [1.807, 2.05) is 18.3 Å². The van der Waals surface area contributed by atoms with Crippen LogP contribution < -0.4 is 4.74 Å². The van der Waals surface area contributed by atoms with Crippen LogP contribution in [-0.2, 0) is 6.54 Å². The first-order valence-corrected chi connectivity index (χ1v) is 8.21. The fourth-order valence-electron chi connectivity index (χ4n) is 3.57. The normalized spacial score (nSPS) is 21.4.